The van der Waals surface area contributed by atoms with Gasteiger partial charge >= 0.3 is 0 Å². The molecule has 0 saturated heterocycles. The van der Waals surface area contributed by atoms with E-state index in [2.05, 4.69) is 187 Å². The first kappa shape index (κ1) is 37.9. The summed E-state index contributed by atoms with van der Waals surface area (Å²) in [5.74, 6) is 1.67. The van der Waals surface area contributed by atoms with Crippen molar-refractivity contribution in [3.63, 3.8) is 0 Å². The van der Waals surface area contributed by atoms with Gasteiger partial charge in [0.15, 0.2) is 17.5 Å². The van der Waals surface area contributed by atoms with E-state index in [0.717, 1.165) is 72.0 Å². The topological polar surface area (TPSA) is 64.7 Å². The number of fused-ring (bicyclic) bond motifs is 9. The van der Waals surface area contributed by atoms with Crippen molar-refractivity contribution in [2.45, 2.75) is 0 Å². The second-order valence-corrected chi connectivity index (χ2v) is 18.1. The normalized spacial score (nSPS) is 12.1. The van der Waals surface area contributed by atoms with Gasteiger partial charge in [-0.15, -0.1) is 0 Å². The lowest BCUT2D eigenvalue weighted by molar-refractivity contribution is 0.669. The van der Waals surface area contributed by atoms with E-state index in [1.807, 2.05) is 30.5 Å². The van der Waals surface area contributed by atoms with Gasteiger partial charge in [0.1, 0.15) is 11.2 Å². The molecular weight excluding hydrogens is 841 g/mol. The third-order valence-corrected chi connectivity index (χ3v) is 14.3. The van der Waals surface area contributed by atoms with Crippen LogP contribution in [0.15, 0.2) is 223 Å². The number of hydrogen-bond donors (Lipinski definition) is 0. The summed E-state index contributed by atoms with van der Waals surface area (Å²) in [6, 6.07) is 73.9. The van der Waals surface area contributed by atoms with Crippen LogP contribution in [0.5, 0.6) is 0 Å². The van der Waals surface area contributed by atoms with Gasteiger partial charge in [-0.05, 0) is 136 Å². The zero-order chi connectivity index (χ0) is 45.2. The first-order chi connectivity index (χ1) is 34.2. The van der Waals surface area contributed by atoms with Gasteiger partial charge in [0, 0.05) is 34.3 Å². The standard InChI is InChI=1S/C64H36N4O/c1-3-14-47-45(12-1)52-19-7-17-50-43(28-30-54(47)59(50)52)40-33-41(44-29-31-55-48-15-4-2-13-46(48)53-20-8-18-51(44)60(53)55)35-42(34-40)63-66-62(38-26-24-37(25-27-38)39-11-10-32-65-36-39)67-64(68-63)57-22-9-21-56-49-16-5-6-23-58(49)69-61(56)57/h1-36H. The van der Waals surface area contributed by atoms with Crippen LogP contribution < -0.4 is 0 Å². The average molecular weight is 877 g/mol. The summed E-state index contributed by atoms with van der Waals surface area (Å²) >= 11 is 0. The largest absolute Gasteiger partial charge is 0.455 e. The number of nitrogens with zero attached hydrogens (tertiary/aromatic N) is 4. The molecule has 0 saturated carbocycles. The molecule has 0 aliphatic heterocycles. The fourth-order valence-corrected chi connectivity index (χ4v) is 11.2. The van der Waals surface area contributed by atoms with Crippen LogP contribution in [0.4, 0.5) is 0 Å². The van der Waals surface area contributed by atoms with Gasteiger partial charge < -0.3 is 4.42 Å². The number of para-hydroxylation sites is 2. The summed E-state index contributed by atoms with van der Waals surface area (Å²) in [5, 5.41) is 7.05. The molecule has 0 atom stereocenters. The van der Waals surface area contributed by atoms with Gasteiger partial charge in [0.25, 0.3) is 0 Å². The first-order valence-corrected chi connectivity index (χ1v) is 23.3. The Hall–Kier alpha value is -9.32. The van der Waals surface area contributed by atoms with E-state index in [0.29, 0.717) is 17.5 Å². The van der Waals surface area contributed by atoms with Crippen molar-refractivity contribution >= 4 is 43.5 Å². The predicted molar refractivity (Wildman–Crippen MR) is 281 cm³/mol. The Morgan fingerprint density at radius 3 is 1.35 bits per heavy atom. The fraction of sp³-hybridized carbons (Fsp3) is 0. The number of aromatic nitrogens is 4. The van der Waals surface area contributed by atoms with Crippen LogP contribution in [0.3, 0.4) is 0 Å². The fourth-order valence-electron chi connectivity index (χ4n) is 11.2. The van der Waals surface area contributed by atoms with Gasteiger partial charge in [-0.25, -0.2) is 15.0 Å². The number of hydrogen-bond acceptors (Lipinski definition) is 5. The molecule has 10 aromatic carbocycles. The monoisotopic (exact) mass is 876 g/mol. The SMILES string of the molecule is c1cncc(-c2ccc(-c3nc(-c4cc(-c5ccc6c7c(cccc57)-c5ccccc5-6)cc(-c5ccc6c7c(cccc57)-c5ccccc5-6)c4)nc(-c4cccc5c4oc4ccccc45)n3)cc2)c1. The zero-order valence-electron chi connectivity index (χ0n) is 37.0. The lowest BCUT2D eigenvalue weighted by Gasteiger charge is -2.16. The molecule has 13 aromatic rings. The summed E-state index contributed by atoms with van der Waals surface area (Å²) < 4.78 is 6.62. The van der Waals surface area contributed by atoms with Crippen molar-refractivity contribution in [1.29, 1.82) is 0 Å². The van der Waals surface area contributed by atoms with E-state index in [-0.39, 0.29) is 0 Å². The quantitative estimate of drug-likeness (QED) is 0.166. The third kappa shape index (κ3) is 5.71. The van der Waals surface area contributed by atoms with Crippen molar-refractivity contribution in [1.82, 2.24) is 19.9 Å². The molecule has 0 radical (unpaired) electrons. The molecule has 2 aliphatic rings. The summed E-state index contributed by atoms with van der Waals surface area (Å²) in [6.07, 6.45) is 3.68. The van der Waals surface area contributed by atoms with E-state index in [1.54, 1.807) is 6.20 Å². The summed E-state index contributed by atoms with van der Waals surface area (Å²) in [7, 11) is 0. The van der Waals surface area contributed by atoms with Crippen LogP contribution in [0, 0.1) is 0 Å². The molecule has 3 heterocycles. The van der Waals surface area contributed by atoms with E-state index in [9.17, 15) is 0 Å². The molecule has 69 heavy (non-hydrogen) atoms. The molecule has 15 rings (SSSR count). The molecule has 0 bridgehead atoms. The summed E-state index contributed by atoms with van der Waals surface area (Å²) in [4.78, 5) is 20.4. The van der Waals surface area contributed by atoms with Gasteiger partial charge in [0.2, 0.25) is 0 Å². The average Bonchev–Trinajstić information content (AvgIpc) is 4.08. The lowest BCUT2D eigenvalue weighted by Crippen LogP contribution is -2.01. The second-order valence-electron chi connectivity index (χ2n) is 18.1. The number of rotatable bonds is 6. The number of furan rings is 1. The molecule has 2 aliphatic carbocycles. The van der Waals surface area contributed by atoms with Crippen LogP contribution in [0.1, 0.15) is 0 Å². The van der Waals surface area contributed by atoms with Crippen LogP contribution in [0.2, 0.25) is 0 Å². The smallest absolute Gasteiger partial charge is 0.167 e. The van der Waals surface area contributed by atoms with Crippen molar-refractivity contribution in [3.8, 4) is 112 Å². The highest BCUT2D eigenvalue weighted by Gasteiger charge is 2.26. The van der Waals surface area contributed by atoms with Crippen molar-refractivity contribution in [2.24, 2.45) is 0 Å². The molecule has 0 amide bonds. The lowest BCUT2D eigenvalue weighted by atomic mass is 9.89. The van der Waals surface area contributed by atoms with Crippen LogP contribution in [0.25, 0.3) is 156 Å². The molecule has 3 aromatic heterocycles. The van der Waals surface area contributed by atoms with Crippen molar-refractivity contribution in [3.05, 3.63) is 219 Å². The molecule has 5 nitrogen and oxygen atoms in total. The van der Waals surface area contributed by atoms with Crippen molar-refractivity contribution in [2.75, 3.05) is 0 Å². The Morgan fingerprint density at radius 1 is 0.275 bits per heavy atom. The van der Waals surface area contributed by atoms with E-state index < -0.39 is 0 Å². The Bertz CT molecular complexity index is 4090. The molecular formula is C64H36N4O. The minimum Gasteiger partial charge on any atom is -0.455 e. The van der Waals surface area contributed by atoms with Crippen molar-refractivity contribution < 1.29 is 4.42 Å². The van der Waals surface area contributed by atoms with Crippen LogP contribution >= 0.6 is 0 Å². The Balaban J connectivity index is 0.988. The predicted octanol–water partition coefficient (Wildman–Crippen LogP) is 16.8. The van der Waals surface area contributed by atoms with Gasteiger partial charge in [-0.2, -0.15) is 0 Å². The van der Waals surface area contributed by atoms with Crippen LogP contribution in [-0.4, -0.2) is 19.9 Å². The minimum atomic E-state index is 0.536. The molecule has 318 valence electrons. The van der Waals surface area contributed by atoms with Gasteiger partial charge in [-0.3, -0.25) is 4.98 Å². The molecule has 0 N–H and O–H groups in total. The highest BCUT2D eigenvalue weighted by molar-refractivity contribution is 6.20. The molecule has 0 unspecified atom stereocenters. The van der Waals surface area contributed by atoms with Gasteiger partial charge in [-0.1, -0.05) is 170 Å². The van der Waals surface area contributed by atoms with Crippen LogP contribution in [-0.2, 0) is 0 Å². The van der Waals surface area contributed by atoms with E-state index >= 15 is 0 Å². The minimum absolute atomic E-state index is 0.536. The molecule has 5 heteroatoms. The summed E-state index contributed by atoms with van der Waals surface area (Å²) in [5.41, 5.74) is 20.9. The third-order valence-electron chi connectivity index (χ3n) is 14.3. The van der Waals surface area contributed by atoms with E-state index in [4.69, 9.17) is 19.4 Å². The number of benzene rings is 10. The Morgan fingerprint density at radius 2 is 0.739 bits per heavy atom. The van der Waals surface area contributed by atoms with E-state index in [1.165, 1.54) is 66.1 Å². The zero-order valence-corrected chi connectivity index (χ0v) is 37.0. The Labute approximate surface area is 396 Å². The highest BCUT2D eigenvalue weighted by atomic mass is 16.3. The second kappa shape index (κ2) is 14.6. The highest BCUT2D eigenvalue weighted by Crippen LogP contribution is 2.52. The maximum absolute atomic E-state index is 6.62. The molecule has 0 spiro atoms. The molecule has 0 fully saturated rings. The Kier molecular flexibility index (Phi) is 8.00. The maximum atomic E-state index is 6.62. The summed E-state index contributed by atoms with van der Waals surface area (Å²) in [6.45, 7) is 0. The van der Waals surface area contributed by atoms with Gasteiger partial charge in [0.05, 0.1) is 5.56 Å². The maximum Gasteiger partial charge on any atom is 0.167 e. The first-order valence-electron chi connectivity index (χ1n) is 23.3. The number of pyridine rings is 1.